The molecule has 0 atom stereocenters. The van der Waals surface area contributed by atoms with E-state index in [-0.39, 0.29) is 0 Å². The van der Waals surface area contributed by atoms with Gasteiger partial charge in [0.15, 0.2) is 0 Å². The summed E-state index contributed by atoms with van der Waals surface area (Å²) in [5, 5.41) is 8.30. The first-order chi connectivity index (χ1) is 6.88. The number of rotatable bonds is 7. The highest BCUT2D eigenvalue weighted by molar-refractivity contribution is 7.98. The highest BCUT2D eigenvalue weighted by Crippen LogP contribution is 2.22. The molecule has 0 fully saturated rings. The molecule has 5 heteroatoms. The van der Waals surface area contributed by atoms with Crippen molar-refractivity contribution >= 4 is 28.3 Å². The molecule has 0 aromatic carbocycles. The molecule has 0 saturated carbocycles. The van der Waals surface area contributed by atoms with E-state index in [0.29, 0.717) is 0 Å². The smallest absolute Gasteiger partial charge is 0.133 e. The summed E-state index contributed by atoms with van der Waals surface area (Å²) in [6.45, 7) is 2.23. The lowest BCUT2D eigenvalue weighted by Crippen LogP contribution is -1.91. The van der Waals surface area contributed by atoms with Gasteiger partial charge in [-0.3, -0.25) is 0 Å². The van der Waals surface area contributed by atoms with Gasteiger partial charge in [0.05, 0.1) is 0 Å². The van der Waals surface area contributed by atoms with E-state index in [1.807, 2.05) is 18.8 Å². The van der Waals surface area contributed by atoms with Crippen molar-refractivity contribution in [2.45, 2.75) is 31.9 Å². The normalized spacial score (nSPS) is 10.4. The van der Waals surface area contributed by atoms with Crippen molar-refractivity contribution in [2.75, 3.05) is 18.1 Å². The van der Waals surface area contributed by atoms with Crippen molar-refractivity contribution in [3.63, 3.8) is 0 Å². The van der Waals surface area contributed by atoms with Crippen molar-refractivity contribution in [1.29, 1.82) is 0 Å². The van der Waals surface area contributed by atoms with Crippen LogP contribution in [0.25, 0.3) is 0 Å². The van der Waals surface area contributed by atoms with Crippen LogP contribution in [0.4, 0.5) is 5.00 Å². The highest BCUT2D eigenvalue weighted by atomic mass is 32.2. The molecule has 1 rings (SSSR count). The van der Waals surface area contributed by atoms with Gasteiger partial charge in [-0.05, 0) is 12.2 Å². The molecule has 3 nitrogen and oxygen atoms in total. The van der Waals surface area contributed by atoms with Crippen LogP contribution in [0.5, 0.6) is 0 Å². The van der Waals surface area contributed by atoms with E-state index in [0.717, 1.165) is 16.4 Å². The zero-order valence-corrected chi connectivity index (χ0v) is 10.4. The van der Waals surface area contributed by atoms with Crippen molar-refractivity contribution in [3.8, 4) is 0 Å². The van der Waals surface area contributed by atoms with Crippen molar-refractivity contribution in [1.82, 2.24) is 9.59 Å². The number of nitrogens with one attached hydrogen (secondary N) is 1. The van der Waals surface area contributed by atoms with E-state index in [9.17, 15) is 0 Å². The molecule has 0 radical (unpaired) electrons. The summed E-state index contributed by atoms with van der Waals surface area (Å²) < 4.78 is 3.92. The zero-order chi connectivity index (χ0) is 10.2. The van der Waals surface area contributed by atoms with Crippen LogP contribution in [0.15, 0.2) is 0 Å². The van der Waals surface area contributed by atoms with Crippen LogP contribution < -0.4 is 5.32 Å². The lowest BCUT2D eigenvalue weighted by atomic mass is 10.3. The zero-order valence-electron chi connectivity index (χ0n) is 8.75. The second-order valence-corrected chi connectivity index (χ2v) is 4.92. The molecule has 0 aliphatic rings. The average Bonchev–Trinajstić information content (AvgIpc) is 2.65. The third kappa shape index (κ3) is 3.84. The van der Waals surface area contributed by atoms with E-state index in [1.165, 1.54) is 36.5 Å². The molecule has 0 amide bonds. The molecule has 0 spiro atoms. The van der Waals surface area contributed by atoms with Gasteiger partial charge in [-0.15, -0.1) is 5.10 Å². The summed E-state index contributed by atoms with van der Waals surface area (Å²) in [5.74, 6) is 2.21. The molecular formula is C9H17N3S2. The second kappa shape index (κ2) is 7.06. The molecule has 14 heavy (non-hydrogen) atoms. The summed E-state index contributed by atoms with van der Waals surface area (Å²) in [6, 6.07) is 0. The predicted octanol–water partition coefficient (Wildman–Crippen LogP) is 3.00. The molecule has 80 valence electrons. The Balaban J connectivity index is 2.17. The largest absolute Gasteiger partial charge is 0.377 e. The Bertz CT molecular complexity index is 250. The third-order valence-electron chi connectivity index (χ3n) is 1.91. The van der Waals surface area contributed by atoms with Crippen molar-refractivity contribution in [2.24, 2.45) is 0 Å². The Labute approximate surface area is 93.8 Å². The van der Waals surface area contributed by atoms with Gasteiger partial charge in [0.2, 0.25) is 0 Å². The number of nitrogens with zero attached hydrogens (tertiary/aromatic N) is 2. The third-order valence-corrected chi connectivity index (χ3v) is 3.75. The Kier molecular flexibility index (Phi) is 5.94. The van der Waals surface area contributed by atoms with Crippen LogP contribution in [-0.4, -0.2) is 22.4 Å². The Hall–Kier alpha value is -0.290. The van der Waals surface area contributed by atoms with Gasteiger partial charge < -0.3 is 5.32 Å². The van der Waals surface area contributed by atoms with Crippen LogP contribution in [0, 0.1) is 0 Å². The number of anilines is 1. The average molecular weight is 231 g/mol. The first-order valence-electron chi connectivity index (χ1n) is 4.95. The highest BCUT2D eigenvalue weighted by Gasteiger charge is 2.05. The maximum atomic E-state index is 4.09. The maximum absolute atomic E-state index is 4.09. The molecule has 1 aromatic heterocycles. The Morgan fingerprint density at radius 2 is 2.29 bits per heavy atom. The summed E-state index contributed by atoms with van der Waals surface area (Å²) in [6.07, 6.45) is 3.94. The summed E-state index contributed by atoms with van der Waals surface area (Å²) >= 11 is 3.38. The maximum Gasteiger partial charge on any atom is 0.133 e. The molecule has 1 N–H and O–H groups in total. The number of unbranched alkanes of at least 4 members (excludes halogenated alkanes) is 2. The fourth-order valence-electron chi connectivity index (χ4n) is 1.12. The van der Waals surface area contributed by atoms with Gasteiger partial charge in [-0.2, -0.15) is 11.8 Å². The van der Waals surface area contributed by atoms with Gasteiger partial charge in [-0.1, -0.05) is 24.3 Å². The first kappa shape index (κ1) is 11.8. The van der Waals surface area contributed by atoms with Crippen LogP contribution in [0.3, 0.4) is 0 Å². The Morgan fingerprint density at radius 1 is 1.43 bits per heavy atom. The van der Waals surface area contributed by atoms with Crippen molar-refractivity contribution in [3.05, 3.63) is 5.69 Å². The molecule has 1 aromatic rings. The van der Waals surface area contributed by atoms with Crippen LogP contribution in [0.2, 0.25) is 0 Å². The topological polar surface area (TPSA) is 37.8 Å². The van der Waals surface area contributed by atoms with Crippen molar-refractivity contribution < 1.29 is 0 Å². The van der Waals surface area contributed by atoms with Gasteiger partial charge >= 0.3 is 0 Å². The van der Waals surface area contributed by atoms with Crippen LogP contribution in [0.1, 0.15) is 31.9 Å². The lowest BCUT2D eigenvalue weighted by Gasteiger charge is -2.00. The lowest BCUT2D eigenvalue weighted by molar-refractivity contribution is 0.778. The molecule has 1 heterocycles. The van der Waals surface area contributed by atoms with E-state index < -0.39 is 0 Å². The van der Waals surface area contributed by atoms with E-state index >= 15 is 0 Å². The molecule has 0 unspecified atom stereocenters. The monoisotopic (exact) mass is 231 g/mol. The number of thioether (sulfide) groups is 1. The minimum absolute atomic E-state index is 0.983. The van der Waals surface area contributed by atoms with Gasteiger partial charge in [0.25, 0.3) is 0 Å². The first-order valence-corrected chi connectivity index (χ1v) is 6.88. The minimum Gasteiger partial charge on any atom is -0.377 e. The summed E-state index contributed by atoms with van der Waals surface area (Å²) in [5.41, 5.74) is 1.10. The fourth-order valence-corrected chi connectivity index (χ4v) is 2.69. The molecule has 0 bridgehead atoms. The number of hydrogen-bond donors (Lipinski definition) is 1. The van der Waals surface area contributed by atoms with E-state index in [4.69, 9.17) is 0 Å². The van der Waals surface area contributed by atoms with Gasteiger partial charge in [0.1, 0.15) is 10.7 Å². The SMILES string of the molecule is CCCCCSCc1nnsc1NC. The molecule has 0 saturated heterocycles. The molecular weight excluding hydrogens is 214 g/mol. The number of aromatic nitrogens is 2. The van der Waals surface area contributed by atoms with E-state index in [1.54, 1.807) is 0 Å². The predicted molar refractivity (Wildman–Crippen MR) is 65.1 cm³/mol. The molecule has 0 aliphatic heterocycles. The minimum atomic E-state index is 0.983. The van der Waals surface area contributed by atoms with Crippen LogP contribution in [-0.2, 0) is 5.75 Å². The van der Waals surface area contributed by atoms with Crippen LogP contribution >= 0.6 is 23.3 Å². The Morgan fingerprint density at radius 3 is 3.00 bits per heavy atom. The fraction of sp³-hybridized carbons (Fsp3) is 0.778. The van der Waals surface area contributed by atoms with E-state index in [2.05, 4.69) is 21.8 Å². The molecule has 0 aliphatic carbocycles. The van der Waals surface area contributed by atoms with Gasteiger partial charge in [0, 0.05) is 24.3 Å². The second-order valence-electron chi connectivity index (χ2n) is 3.06. The quantitative estimate of drug-likeness (QED) is 0.732. The standard InChI is InChI=1S/C9H17N3S2/c1-3-4-5-6-13-7-8-9(10-2)14-12-11-8/h10H,3-7H2,1-2H3. The number of hydrogen-bond acceptors (Lipinski definition) is 5. The summed E-state index contributed by atoms with van der Waals surface area (Å²) in [7, 11) is 1.92. The summed E-state index contributed by atoms with van der Waals surface area (Å²) in [4.78, 5) is 0. The van der Waals surface area contributed by atoms with Gasteiger partial charge in [-0.25, -0.2) is 0 Å².